The van der Waals surface area contributed by atoms with Crippen LogP contribution in [0.2, 0.25) is 0 Å². The third-order valence-corrected chi connectivity index (χ3v) is 3.43. The standard InChI is InChI=1S/C16H28N2O/c1-3-5-6-7-8-9-10-15(19)14-16-17-11-13-18(16)12-4-2/h11,13H,3-10,12,14H2,1-2H3. The first-order chi connectivity index (χ1) is 9.27. The average molecular weight is 264 g/mol. The largest absolute Gasteiger partial charge is 0.335 e. The van der Waals surface area contributed by atoms with E-state index in [1.165, 1.54) is 32.1 Å². The molecule has 3 heteroatoms. The number of aryl methyl sites for hydroxylation is 1. The van der Waals surface area contributed by atoms with Crippen LogP contribution >= 0.6 is 0 Å². The van der Waals surface area contributed by atoms with Gasteiger partial charge in [0.2, 0.25) is 0 Å². The molecule has 0 spiro atoms. The van der Waals surface area contributed by atoms with Crippen molar-refractivity contribution in [3.05, 3.63) is 18.2 Å². The minimum absolute atomic E-state index is 0.332. The van der Waals surface area contributed by atoms with Crippen molar-refractivity contribution in [1.29, 1.82) is 0 Å². The van der Waals surface area contributed by atoms with Crippen molar-refractivity contribution in [2.24, 2.45) is 0 Å². The molecule has 0 aliphatic rings. The van der Waals surface area contributed by atoms with Crippen LogP contribution in [0, 0.1) is 0 Å². The van der Waals surface area contributed by atoms with E-state index >= 15 is 0 Å². The van der Waals surface area contributed by atoms with Gasteiger partial charge in [-0.15, -0.1) is 0 Å². The number of unbranched alkanes of at least 4 members (excludes halogenated alkanes) is 5. The zero-order chi connectivity index (χ0) is 13.9. The van der Waals surface area contributed by atoms with E-state index in [1.807, 2.05) is 6.20 Å². The van der Waals surface area contributed by atoms with E-state index < -0.39 is 0 Å². The lowest BCUT2D eigenvalue weighted by Gasteiger charge is -2.05. The summed E-state index contributed by atoms with van der Waals surface area (Å²) in [5.41, 5.74) is 0. The van der Waals surface area contributed by atoms with E-state index in [4.69, 9.17) is 0 Å². The first-order valence-electron chi connectivity index (χ1n) is 7.79. The summed E-state index contributed by atoms with van der Waals surface area (Å²) >= 11 is 0. The molecule has 0 fully saturated rings. The molecule has 3 nitrogen and oxygen atoms in total. The normalized spacial score (nSPS) is 10.8. The Morgan fingerprint density at radius 3 is 2.58 bits per heavy atom. The van der Waals surface area contributed by atoms with Gasteiger partial charge in [-0.3, -0.25) is 4.79 Å². The third-order valence-electron chi connectivity index (χ3n) is 3.43. The van der Waals surface area contributed by atoms with Crippen LogP contribution in [0.25, 0.3) is 0 Å². The van der Waals surface area contributed by atoms with Gasteiger partial charge in [0.15, 0.2) is 0 Å². The fourth-order valence-electron chi connectivity index (χ4n) is 2.32. The summed E-state index contributed by atoms with van der Waals surface area (Å²) in [7, 11) is 0. The summed E-state index contributed by atoms with van der Waals surface area (Å²) in [6, 6.07) is 0. The molecule has 0 aliphatic heterocycles. The van der Waals surface area contributed by atoms with Crippen molar-refractivity contribution in [1.82, 2.24) is 9.55 Å². The second-order valence-electron chi connectivity index (χ2n) is 5.27. The number of carbonyl (C=O) groups excluding carboxylic acids is 1. The Kier molecular flexibility index (Phi) is 8.19. The molecule has 19 heavy (non-hydrogen) atoms. The zero-order valence-corrected chi connectivity index (χ0v) is 12.5. The lowest BCUT2D eigenvalue weighted by molar-refractivity contribution is -0.118. The van der Waals surface area contributed by atoms with Crippen LogP contribution < -0.4 is 0 Å². The molecule has 0 aliphatic carbocycles. The highest BCUT2D eigenvalue weighted by Crippen LogP contribution is 2.09. The molecule has 0 atom stereocenters. The van der Waals surface area contributed by atoms with Gasteiger partial charge in [0.25, 0.3) is 0 Å². The highest BCUT2D eigenvalue weighted by Gasteiger charge is 2.08. The monoisotopic (exact) mass is 264 g/mol. The zero-order valence-electron chi connectivity index (χ0n) is 12.5. The third kappa shape index (κ3) is 6.55. The molecule has 1 aromatic heterocycles. The van der Waals surface area contributed by atoms with Gasteiger partial charge >= 0.3 is 0 Å². The Hall–Kier alpha value is -1.12. The van der Waals surface area contributed by atoms with Crippen molar-refractivity contribution < 1.29 is 4.79 Å². The highest BCUT2D eigenvalue weighted by atomic mass is 16.1. The van der Waals surface area contributed by atoms with E-state index in [0.717, 1.165) is 25.2 Å². The van der Waals surface area contributed by atoms with Crippen molar-refractivity contribution in [3.8, 4) is 0 Å². The first kappa shape index (κ1) is 15.9. The summed E-state index contributed by atoms with van der Waals surface area (Å²) in [6.45, 7) is 5.32. The molecule has 108 valence electrons. The predicted octanol–water partition coefficient (Wildman–Crippen LogP) is 4.16. The Morgan fingerprint density at radius 1 is 1.11 bits per heavy atom. The van der Waals surface area contributed by atoms with E-state index in [2.05, 4.69) is 23.4 Å². The highest BCUT2D eigenvalue weighted by molar-refractivity contribution is 5.80. The van der Waals surface area contributed by atoms with Gasteiger partial charge in [0.1, 0.15) is 11.6 Å². The maximum Gasteiger partial charge on any atom is 0.140 e. The molecule has 0 unspecified atom stereocenters. The van der Waals surface area contributed by atoms with Gasteiger partial charge in [0.05, 0.1) is 6.42 Å². The number of carbonyl (C=O) groups is 1. The van der Waals surface area contributed by atoms with Crippen LogP contribution in [0.3, 0.4) is 0 Å². The number of hydrogen-bond donors (Lipinski definition) is 0. The summed E-state index contributed by atoms with van der Waals surface area (Å²) in [4.78, 5) is 16.2. The van der Waals surface area contributed by atoms with Crippen LogP contribution in [-0.2, 0) is 17.8 Å². The van der Waals surface area contributed by atoms with E-state index in [-0.39, 0.29) is 0 Å². The maximum atomic E-state index is 11.9. The molecule has 0 N–H and O–H groups in total. The average Bonchev–Trinajstić information content (AvgIpc) is 2.81. The Bertz CT molecular complexity index is 357. The molecule has 0 saturated carbocycles. The van der Waals surface area contributed by atoms with Crippen LogP contribution in [0.1, 0.15) is 71.0 Å². The molecule has 1 aromatic rings. The van der Waals surface area contributed by atoms with Gasteiger partial charge in [0, 0.05) is 25.4 Å². The molecule has 0 aromatic carbocycles. The number of imidazole rings is 1. The molecule has 0 saturated heterocycles. The minimum Gasteiger partial charge on any atom is -0.335 e. The van der Waals surface area contributed by atoms with Crippen molar-refractivity contribution in [2.75, 3.05) is 0 Å². The van der Waals surface area contributed by atoms with Crippen LogP contribution in [-0.4, -0.2) is 15.3 Å². The Labute approximate surface area is 117 Å². The Morgan fingerprint density at radius 2 is 1.84 bits per heavy atom. The predicted molar refractivity (Wildman–Crippen MR) is 79.2 cm³/mol. The van der Waals surface area contributed by atoms with Gasteiger partial charge in [-0.25, -0.2) is 4.98 Å². The van der Waals surface area contributed by atoms with Gasteiger partial charge in [-0.1, -0.05) is 46.0 Å². The van der Waals surface area contributed by atoms with Crippen molar-refractivity contribution in [3.63, 3.8) is 0 Å². The molecule has 1 rings (SSSR count). The smallest absolute Gasteiger partial charge is 0.140 e. The van der Waals surface area contributed by atoms with Crippen LogP contribution in [0.15, 0.2) is 12.4 Å². The molecule has 0 radical (unpaired) electrons. The molecular weight excluding hydrogens is 236 g/mol. The second-order valence-corrected chi connectivity index (χ2v) is 5.27. The van der Waals surface area contributed by atoms with Gasteiger partial charge in [-0.2, -0.15) is 0 Å². The first-order valence-corrected chi connectivity index (χ1v) is 7.79. The van der Waals surface area contributed by atoms with E-state index in [1.54, 1.807) is 6.20 Å². The topological polar surface area (TPSA) is 34.9 Å². The molecule has 1 heterocycles. The summed E-state index contributed by atoms with van der Waals surface area (Å²) in [5, 5.41) is 0. The lowest BCUT2D eigenvalue weighted by atomic mass is 10.1. The van der Waals surface area contributed by atoms with Crippen molar-refractivity contribution >= 4 is 5.78 Å². The SMILES string of the molecule is CCCCCCCCC(=O)Cc1nccn1CCC. The summed E-state index contributed by atoms with van der Waals surface area (Å²) in [6.07, 6.45) is 13.5. The molecular formula is C16H28N2O. The number of aromatic nitrogens is 2. The Balaban J connectivity index is 2.18. The number of hydrogen-bond acceptors (Lipinski definition) is 2. The van der Waals surface area contributed by atoms with Crippen molar-refractivity contribution in [2.45, 2.75) is 78.2 Å². The van der Waals surface area contributed by atoms with E-state index in [0.29, 0.717) is 18.6 Å². The summed E-state index contributed by atoms with van der Waals surface area (Å²) in [5.74, 6) is 1.26. The number of nitrogens with zero attached hydrogens (tertiary/aromatic N) is 2. The fourth-order valence-corrected chi connectivity index (χ4v) is 2.32. The van der Waals surface area contributed by atoms with Gasteiger partial charge in [-0.05, 0) is 12.8 Å². The lowest BCUT2D eigenvalue weighted by Crippen LogP contribution is -2.09. The second kappa shape index (κ2) is 9.76. The quantitative estimate of drug-likeness (QED) is 0.563. The number of rotatable bonds is 11. The fraction of sp³-hybridized carbons (Fsp3) is 0.750. The molecule has 0 bridgehead atoms. The summed E-state index contributed by atoms with van der Waals surface area (Å²) < 4.78 is 2.10. The van der Waals surface area contributed by atoms with Crippen LogP contribution in [0.5, 0.6) is 0 Å². The van der Waals surface area contributed by atoms with E-state index in [9.17, 15) is 4.79 Å². The van der Waals surface area contributed by atoms with Gasteiger partial charge < -0.3 is 4.57 Å². The van der Waals surface area contributed by atoms with Crippen LogP contribution in [0.4, 0.5) is 0 Å². The minimum atomic E-state index is 0.332. The number of Topliss-reactive ketones (excluding diaryl/α,β-unsaturated/α-hetero) is 1. The molecule has 0 amide bonds. The maximum absolute atomic E-state index is 11.9. The number of ketones is 1.